The zero-order valence-corrected chi connectivity index (χ0v) is 13.7. The van der Waals surface area contributed by atoms with Crippen molar-refractivity contribution >= 4 is 5.95 Å². The molecule has 0 aliphatic heterocycles. The number of anilines is 1. The van der Waals surface area contributed by atoms with Crippen molar-refractivity contribution in [3.8, 4) is 0 Å². The van der Waals surface area contributed by atoms with E-state index < -0.39 is 0 Å². The van der Waals surface area contributed by atoms with Crippen LogP contribution in [0.1, 0.15) is 51.8 Å². The van der Waals surface area contributed by atoms with E-state index in [2.05, 4.69) is 61.9 Å². The van der Waals surface area contributed by atoms with Gasteiger partial charge in [0.15, 0.2) is 0 Å². The summed E-state index contributed by atoms with van der Waals surface area (Å²) in [5.41, 5.74) is 2.49. The predicted octanol–water partition coefficient (Wildman–Crippen LogP) is 2.91. The molecular weight excluding hydrogens is 248 g/mol. The molecule has 1 atom stereocenters. The number of nitrogens with one attached hydrogen (secondary N) is 1. The number of aromatic nitrogens is 2. The summed E-state index contributed by atoms with van der Waals surface area (Å²) in [7, 11) is 2.08. The van der Waals surface area contributed by atoms with Crippen molar-refractivity contribution in [2.24, 2.45) is 5.41 Å². The Morgan fingerprint density at radius 2 is 2.05 bits per heavy atom. The smallest absolute Gasteiger partial charge is 0.225 e. The van der Waals surface area contributed by atoms with E-state index >= 15 is 0 Å². The molecular formula is C16H28N4. The number of hydrogen-bond acceptors (Lipinski definition) is 4. The molecule has 0 radical (unpaired) electrons. The molecule has 20 heavy (non-hydrogen) atoms. The third-order valence-electron chi connectivity index (χ3n) is 4.38. The van der Waals surface area contributed by atoms with Crippen molar-refractivity contribution < 1.29 is 0 Å². The van der Waals surface area contributed by atoms with Gasteiger partial charge in [0.25, 0.3) is 0 Å². The van der Waals surface area contributed by atoms with E-state index in [1.165, 1.54) is 18.4 Å². The normalized spacial score (nSPS) is 17.1. The minimum absolute atomic E-state index is 0.207. The summed E-state index contributed by atoms with van der Waals surface area (Å²) < 4.78 is 0. The number of rotatable bonds is 5. The van der Waals surface area contributed by atoms with Crippen molar-refractivity contribution in [1.82, 2.24) is 15.3 Å². The first-order valence-electron chi connectivity index (χ1n) is 7.58. The summed E-state index contributed by atoms with van der Waals surface area (Å²) in [6, 6.07) is 1.11. The Labute approximate surface area is 123 Å². The molecule has 0 bridgehead atoms. The van der Waals surface area contributed by atoms with Gasteiger partial charge < -0.3 is 10.2 Å². The molecule has 0 spiro atoms. The van der Waals surface area contributed by atoms with Crippen LogP contribution in [0, 0.1) is 12.3 Å². The van der Waals surface area contributed by atoms with Gasteiger partial charge in [0.1, 0.15) is 0 Å². The molecule has 2 rings (SSSR count). The van der Waals surface area contributed by atoms with Crippen molar-refractivity contribution in [2.45, 2.75) is 66.1 Å². The third kappa shape index (κ3) is 3.69. The van der Waals surface area contributed by atoms with E-state index in [0.29, 0.717) is 6.04 Å². The van der Waals surface area contributed by atoms with E-state index in [-0.39, 0.29) is 5.41 Å². The molecule has 1 aromatic heterocycles. The highest BCUT2D eigenvalue weighted by atomic mass is 15.3. The standard InChI is InChI=1S/C16H28N4/c1-11-13(9-17-14-7-8-14)10-18-15(19-11)20(6)12(2)16(3,4)5/h10,12,14,17H,7-9H2,1-6H3. The molecule has 1 unspecified atom stereocenters. The largest absolute Gasteiger partial charge is 0.341 e. The predicted molar refractivity (Wildman–Crippen MR) is 84.0 cm³/mol. The highest BCUT2D eigenvalue weighted by Gasteiger charge is 2.26. The molecule has 0 saturated heterocycles. The summed E-state index contributed by atoms with van der Waals surface area (Å²) in [5, 5.41) is 3.52. The van der Waals surface area contributed by atoms with Gasteiger partial charge in [0, 0.05) is 43.1 Å². The molecule has 4 nitrogen and oxygen atoms in total. The number of nitrogens with zero attached hydrogens (tertiary/aromatic N) is 3. The van der Waals surface area contributed by atoms with Crippen LogP contribution in [0.4, 0.5) is 5.95 Å². The minimum atomic E-state index is 0.207. The SMILES string of the molecule is Cc1nc(N(C)C(C)C(C)(C)C)ncc1CNC1CC1. The lowest BCUT2D eigenvalue weighted by molar-refractivity contribution is 0.327. The van der Waals surface area contributed by atoms with Gasteiger partial charge in [-0.05, 0) is 32.1 Å². The summed E-state index contributed by atoms with van der Waals surface area (Å²) in [6.07, 6.45) is 4.59. The van der Waals surface area contributed by atoms with Gasteiger partial charge in [-0.3, -0.25) is 0 Å². The molecule has 0 amide bonds. The Morgan fingerprint density at radius 3 is 2.55 bits per heavy atom. The summed E-state index contributed by atoms with van der Waals surface area (Å²) in [4.78, 5) is 11.4. The van der Waals surface area contributed by atoms with E-state index in [1.54, 1.807) is 0 Å². The fourth-order valence-electron chi connectivity index (χ4n) is 2.12. The maximum Gasteiger partial charge on any atom is 0.225 e. The Morgan fingerprint density at radius 1 is 1.40 bits per heavy atom. The van der Waals surface area contributed by atoms with Crippen LogP contribution in [0.2, 0.25) is 0 Å². The first-order chi connectivity index (χ1) is 9.29. The average Bonchev–Trinajstić information content (AvgIpc) is 3.18. The second-order valence-corrected chi connectivity index (χ2v) is 7.09. The Balaban J connectivity index is 2.07. The van der Waals surface area contributed by atoms with Gasteiger partial charge in [0.05, 0.1) is 0 Å². The molecule has 1 aliphatic rings. The van der Waals surface area contributed by atoms with Crippen LogP contribution < -0.4 is 10.2 Å². The molecule has 112 valence electrons. The molecule has 1 aromatic rings. The molecule has 1 aliphatic carbocycles. The van der Waals surface area contributed by atoms with Gasteiger partial charge in [-0.1, -0.05) is 20.8 Å². The van der Waals surface area contributed by atoms with Crippen LogP contribution in [0.3, 0.4) is 0 Å². The Bertz CT molecular complexity index is 460. The number of hydrogen-bond donors (Lipinski definition) is 1. The third-order valence-corrected chi connectivity index (χ3v) is 4.38. The molecule has 1 fully saturated rings. The fraction of sp³-hybridized carbons (Fsp3) is 0.750. The van der Waals surface area contributed by atoms with Crippen LogP contribution in [0.5, 0.6) is 0 Å². The van der Waals surface area contributed by atoms with Crippen LogP contribution in [-0.4, -0.2) is 29.1 Å². The van der Waals surface area contributed by atoms with Gasteiger partial charge in [-0.2, -0.15) is 0 Å². The molecule has 0 aromatic carbocycles. The first kappa shape index (κ1) is 15.2. The summed E-state index contributed by atoms with van der Waals surface area (Å²) in [5.74, 6) is 0.820. The maximum atomic E-state index is 4.68. The van der Waals surface area contributed by atoms with Crippen molar-refractivity contribution in [3.05, 3.63) is 17.5 Å². The lowest BCUT2D eigenvalue weighted by Gasteiger charge is -2.35. The van der Waals surface area contributed by atoms with E-state index in [1.807, 2.05) is 6.20 Å². The monoisotopic (exact) mass is 276 g/mol. The highest BCUT2D eigenvalue weighted by molar-refractivity contribution is 5.33. The van der Waals surface area contributed by atoms with Crippen LogP contribution >= 0.6 is 0 Å². The Hall–Kier alpha value is -1.16. The lowest BCUT2D eigenvalue weighted by atomic mass is 9.87. The van der Waals surface area contributed by atoms with E-state index in [4.69, 9.17) is 0 Å². The number of aryl methyl sites for hydroxylation is 1. The summed E-state index contributed by atoms with van der Waals surface area (Å²) >= 11 is 0. The lowest BCUT2D eigenvalue weighted by Crippen LogP contribution is -2.40. The van der Waals surface area contributed by atoms with Gasteiger partial charge in [-0.25, -0.2) is 9.97 Å². The van der Waals surface area contributed by atoms with Gasteiger partial charge in [0.2, 0.25) is 5.95 Å². The highest BCUT2D eigenvalue weighted by Crippen LogP contribution is 2.26. The van der Waals surface area contributed by atoms with Crippen molar-refractivity contribution in [2.75, 3.05) is 11.9 Å². The zero-order chi connectivity index (χ0) is 14.9. The van der Waals surface area contributed by atoms with E-state index in [9.17, 15) is 0 Å². The van der Waals surface area contributed by atoms with Crippen molar-refractivity contribution in [1.29, 1.82) is 0 Å². The molecule has 1 N–H and O–H groups in total. The zero-order valence-electron chi connectivity index (χ0n) is 13.7. The van der Waals surface area contributed by atoms with Crippen LogP contribution in [0.25, 0.3) is 0 Å². The van der Waals surface area contributed by atoms with Crippen LogP contribution in [-0.2, 0) is 6.54 Å². The second-order valence-electron chi connectivity index (χ2n) is 7.09. The van der Waals surface area contributed by atoms with Crippen molar-refractivity contribution in [3.63, 3.8) is 0 Å². The molecule has 4 heteroatoms. The summed E-state index contributed by atoms with van der Waals surface area (Å²) in [6.45, 7) is 11.9. The van der Waals surface area contributed by atoms with Gasteiger partial charge in [-0.15, -0.1) is 0 Å². The average molecular weight is 276 g/mol. The maximum absolute atomic E-state index is 4.68. The van der Waals surface area contributed by atoms with Gasteiger partial charge >= 0.3 is 0 Å². The topological polar surface area (TPSA) is 41.1 Å². The first-order valence-corrected chi connectivity index (χ1v) is 7.58. The molecule has 1 heterocycles. The molecule has 1 saturated carbocycles. The van der Waals surface area contributed by atoms with Crippen LogP contribution in [0.15, 0.2) is 6.20 Å². The quantitative estimate of drug-likeness (QED) is 0.898. The Kier molecular flexibility index (Phi) is 4.33. The van der Waals surface area contributed by atoms with E-state index in [0.717, 1.165) is 24.2 Å². The fourth-order valence-corrected chi connectivity index (χ4v) is 2.12. The second kappa shape index (κ2) is 5.68. The minimum Gasteiger partial charge on any atom is -0.341 e.